The number of hydrogen-bond donors (Lipinski definition) is 0. The van der Waals surface area contributed by atoms with Gasteiger partial charge in [-0.2, -0.15) is 21.6 Å². The molecule has 0 N–H and O–H groups in total. The minimum atomic E-state index is -4.61. The highest BCUT2D eigenvalue weighted by atomic mass is 79.9. The largest absolute Gasteiger partial charge is 0.413 e. The van der Waals surface area contributed by atoms with Gasteiger partial charge in [0, 0.05) is 5.33 Å². The molecule has 0 saturated carbocycles. The quantitative estimate of drug-likeness (QED) is 0.570. The zero-order valence-corrected chi connectivity index (χ0v) is 8.88. The summed E-state index contributed by atoms with van der Waals surface area (Å²) < 4.78 is 59.6. The second-order valence-corrected chi connectivity index (χ2v) is 4.73. The second kappa shape index (κ2) is 5.16. The fourth-order valence-electron chi connectivity index (χ4n) is 0.447. The van der Waals surface area contributed by atoms with Gasteiger partial charge in [0.05, 0.1) is 5.75 Å². The van der Waals surface area contributed by atoms with Crippen molar-refractivity contribution in [2.45, 2.75) is 12.6 Å². The third-order valence-electron chi connectivity index (χ3n) is 0.930. The van der Waals surface area contributed by atoms with Crippen molar-refractivity contribution in [3.8, 4) is 0 Å². The van der Waals surface area contributed by atoms with E-state index in [0.29, 0.717) is 5.33 Å². The monoisotopic (exact) mass is 284 g/mol. The van der Waals surface area contributed by atoms with Gasteiger partial charge in [-0.1, -0.05) is 15.9 Å². The minimum absolute atomic E-state index is 0.222. The molecular weight excluding hydrogens is 277 g/mol. The summed E-state index contributed by atoms with van der Waals surface area (Å²) in [5.74, 6) is -0.408. The molecule has 0 aromatic rings. The molecule has 0 atom stereocenters. The van der Waals surface area contributed by atoms with E-state index in [1.807, 2.05) is 0 Å². The lowest BCUT2D eigenvalue weighted by Crippen LogP contribution is -2.22. The summed E-state index contributed by atoms with van der Waals surface area (Å²) in [6.07, 6.45) is -4.39. The molecule has 0 aromatic carbocycles. The predicted octanol–water partition coefficient (Wildman–Crippen LogP) is 1.68. The van der Waals surface area contributed by atoms with Crippen LogP contribution in [0, 0.1) is 0 Å². The van der Waals surface area contributed by atoms with Crippen LogP contribution in [0.1, 0.15) is 6.42 Å². The molecule has 0 heterocycles. The molecule has 0 radical (unpaired) electrons. The molecule has 13 heavy (non-hydrogen) atoms. The summed E-state index contributed by atoms with van der Waals surface area (Å²) in [6.45, 7) is -1.75. The summed E-state index contributed by atoms with van der Waals surface area (Å²) in [5, 5.41) is 0.404. The summed E-state index contributed by atoms with van der Waals surface area (Å²) in [6, 6.07) is 0. The maximum absolute atomic E-state index is 11.5. The molecule has 0 fully saturated rings. The lowest BCUT2D eigenvalue weighted by molar-refractivity contribution is -0.152. The first kappa shape index (κ1) is 13.2. The molecule has 0 spiro atoms. The lowest BCUT2D eigenvalue weighted by atomic mass is 10.6. The van der Waals surface area contributed by atoms with Gasteiger partial charge in [0.15, 0.2) is 6.61 Å². The number of halogens is 4. The van der Waals surface area contributed by atoms with Gasteiger partial charge in [-0.25, -0.2) is 0 Å². The number of rotatable bonds is 5. The van der Waals surface area contributed by atoms with Crippen LogP contribution >= 0.6 is 15.9 Å². The van der Waals surface area contributed by atoms with Crippen LogP contribution in [0.25, 0.3) is 0 Å². The molecule has 0 aliphatic carbocycles. The third kappa shape index (κ3) is 8.51. The van der Waals surface area contributed by atoms with Gasteiger partial charge in [-0.05, 0) is 6.42 Å². The highest BCUT2D eigenvalue weighted by Gasteiger charge is 2.30. The first-order valence-corrected chi connectivity index (χ1v) is 5.96. The zero-order chi connectivity index (χ0) is 10.5. The first-order chi connectivity index (χ1) is 5.77. The molecule has 3 nitrogen and oxygen atoms in total. The van der Waals surface area contributed by atoms with Crippen LogP contribution in [0.15, 0.2) is 0 Å². The molecule has 0 bridgehead atoms. The van der Waals surface area contributed by atoms with Crippen molar-refractivity contribution < 1.29 is 25.8 Å². The molecule has 0 aliphatic heterocycles. The van der Waals surface area contributed by atoms with Crippen LogP contribution in [0.3, 0.4) is 0 Å². The fourth-order valence-corrected chi connectivity index (χ4v) is 2.03. The Hall–Kier alpha value is 0.180. The van der Waals surface area contributed by atoms with Crippen molar-refractivity contribution >= 4 is 26.0 Å². The Kier molecular flexibility index (Phi) is 5.23. The average molecular weight is 285 g/mol. The Morgan fingerprint density at radius 1 is 1.31 bits per heavy atom. The van der Waals surface area contributed by atoms with Crippen molar-refractivity contribution in [1.82, 2.24) is 0 Å². The van der Waals surface area contributed by atoms with E-state index in [0.717, 1.165) is 0 Å². The maximum Gasteiger partial charge on any atom is 0.413 e. The molecule has 0 saturated heterocycles. The van der Waals surface area contributed by atoms with Crippen molar-refractivity contribution in [3.63, 3.8) is 0 Å². The van der Waals surface area contributed by atoms with Crippen LogP contribution in [0.5, 0.6) is 0 Å². The third-order valence-corrected chi connectivity index (χ3v) is 2.76. The Balaban J connectivity index is 3.91. The molecule has 0 rings (SSSR count). The van der Waals surface area contributed by atoms with E-state index >= 15 is 0 Å². The Labute approximate surface area is 82.5 Å². The summed E-state index contributed by atoms with van der Waals surface area (Å²) >= 11 is 2.95. The van der Waals surface area contributed by atoms with E-state index in [1.54, 1.807) is 0 Å². The van der Waals surface area contributed by atoms with E-state index in [2.05, 4.69) is 20.1 Å². The predicted molar refractivity (Wildman–Crippen MR) is 44.2 cm³/mol. The highest BCUT2D eigenvalue weighted by molar-refractivity contribution is 9.09. The van der Waals surface area contributed by atoms with E-state index in [9.17, 15) is 21.6 Å². The van der Waals surface area contributed by atoms with E-state index in [-0.39, 0.29) is 6.42 Å². The number of alkyl halides is 4. The standard InChI is InChI=1S/C5H8BrF3O3S/c6-2-1-3-13(10,11)12-4-5(7,8)9/h1-4H2. The normalized spacial score (nSPS) is 13.2. The van der Waals surface area contributed by atoms with Gasteiger partial charge in [-0.15, -0.1) is 0 Å². The topological polar surface area (TPSA) is 43.4 Å². The van der Waals surface area contributed by atoms with Gasteiger partial charge in [0.25, 0.3) is 10.1 Å². The average Bonchev–Trinajstić information content (AvgIpc) is 1.97. The van der Waals surface area contributed by atoms with Crippen molar-refractivity contribution in [2.24, 2.45) is 0 Å². The summed E-state index contributed by atoms with van der Waals surface area (Å²) in [7, 11) is -4.03. The molecule has 0 unspecified atom stereocenters. The van der Waals surface area contributed by atoms with Crippen molar-refractivity contribution in [3.05, 3.63) is 0 Å². The smallest absolute Gasteiger partial charge is 0.261 e. The lowest BCUT2D eigenvalue weighted by Gasteiger charge is -2.07. The first-order valence-electron chi connectivity index (χ1n) is 3.27. The maximum atomic E-state index is 11.5. The van der Waals surface area contributed by atoms with Gasteiger partial charge in [0.2, 0.25) is 0 Å². The molecule has 80 valence electrons. The SMILES string of the molecule is O=S(=O)(CCCBr)OCC(F)(F)F. The van der Waals surface area contributed by atoms with Crippen molar-refractivity contribution in [1.29, 1.82) is 0 Å². The molecular formula is C5H8BrF3O3S. The zero-order valence-electron chi connectivity index (χ0n) is 6.47. The van der Waals surface area contributed by atoms with E-state index in [1.165, 1.54) is 0 Å². The van der Waals surface area contributed by atoms with Crippen LogP contribution in [0.4, 0.5) is 13.2 Å². The Morgan fingerprint density at radius 2 is 1.85 bits per heavy atom. The van der Waals surface area contributed by atoms with Gasteiger partial charge >= 0.3 is 6.18 Å². The Bertz CT molecular complexity index is 236. The molecule has 0 amide bonds. The van der Waals surface area contributed by atoms with Gasteiger partial charge in [-0.3, -0.25) is 4.18 Å². The van der Waals surface area contributed by atoms with Crippen LogP contribution in [-0.2, 0) is 14.3 Å². The van der Waals surface area contributed by atoms with Gasteiger partial charge < -0.3 is 0 Å². The summed E-state index contributed by atoms with van der Waals surface area (Å²) in [4.78, 5) is 0. The molecule has 8 heteroatoms. The van der Waals surface area contributed by atoms with Gasteiger partial charge in [0.1, 0.15) is 0 Å². The number of hydrogen-bond acceptors (Lipinski definition) is 3. The highest BCUT2D eigenvalue weighted by Crippen LogP contribution is 2.16. The van der Waals surface area contributed by atoms with E-state index < -0.39 is 28.7 Å². The van der Waals surface area contributed by atoms with E-state index in [4.69, 9.17) is 0 Å². The fraction of sp³-hybridized carbons (Fsp3) is 1.00. The second-order valence-electron chi connectivity index (χ2n) is 2.18. The van der Waals surface area contributed by atoms with Crippen LogP contribution in [-0.4, -0.2) is 32.3 Å². The van der Waals surface area contributed by atoms with Crippen LogP contribution in [0.2, 0.25) is 0 Å². The van der Waals surface area contributed by atoms with Crippen molar-refractivity contribution in [2.75, 3.05) is 17.7 Å². The molecule has 0 aromatic heterocycles. The summed E-state index contributed by atoms with van der Waals surface area (Å²) in [5.41, 5.74) is 0. The minimum Gasteiger partial charge on any atom is -0.261 e. The van der Waals surface area contributed by atoms with Crippen LogP contribution < -0.4 is 0 Å². The molecule has 0 aliphatic rings. The Morgan fingerprint density at radius 3 is 2.23 bits per heavy atom.